The Morgan fingerprint density at radius 1 is 1.14 bits per heavy atom. The first-order valence-electron chi connectivity index (χ1n) is 11.6. The molecule has 0 aliphatic heterocycles. The summed E-state index contributed by atoms with van der Waals surface area (Å²) in [6.07, 6.45) is -0.628. The Kier molecular flexibility index (Phi) is 7.23. The number of anilines is 1. The van der Waals surface area contributed by atoms with Gasteiger partial charge in [-0.2, -0.15) is 10.2 Å². The predicted octanol–water partition coefficient (Wildman–Crippen LogP) is 4.07. The van der Waals surface area contributed by atoms with Crippen molar-refractivity contribution in [3.8, 4) is 17.2 Å². The van der Waals surface area contributed by atoms with Gasteiger partial charge in [0.2, 0.25) is 0 Å². The minimum atomic E-state index is -0.516. The second kappa shape index (κ2) is 10.5. The smallest absolute Gasteiger partial charge is 0.406 e. The molecule has 4 rings (SSSR count). The highest BCUT2D eigenvalue weighted by molar-refractivity contribution is 5.92. The highest BCUT2D eigenvalue weighted by Crippen LogP contribution is 2.34. The van der Waals surface area contributed by atoms with Crippen LogP contribution in [0, 0.1) is 13.8 Å². The largest absolute Gasteiger partial charge is 0.508 e. The Labute approximate surface area is 209 Å². The summed E-state index contributed by atoms with van der Waals surface area (Å²) in [5.74, 6) is 1.40. The van der Waals surface area contributed by atoms with Crippen molar-refractivity contribution in [3.63, 3.8) is 0 Å². The zero-order chi connectivity index (χ0) is 25.8. The summed E-state index contributed by atoms with van der Waals surface area (Å²) in [6.45, 7) is 4.04. The monoisotopic (exact) mass is 490 g/mol. The molecule has 0 saturated heterocycles. The molecule has 10 heteroatoms. The summed E-state index contributed by atoms with van der Waals surface area (Å²) in [5, 5.41) is 27.0. The second-order valence-electron chi connectivity index (χ2n) is 8.57. The van der Waals surface area contributed by atoms with Crippen molar-refractivity contribution >= 4 is 22.8 Å². The Bertz CT molecular complexity index is 1380. The number of rotatable bonds is 8. The highest BCUT2D eigenvalue weighted by atomic mass is 16.5. The first-order chi connectivity index (χ1) is 17.3. The van der Waals surface area contributed by atoms with E-state index in [0.717, 1.165) is 33.5 Å². The van der Waals surface area contributed by atoms with E-state index in [0.29, 0.717) is 18.0 Å². The molecule has 0 saturated carbocycles. The maximum absolute atomic E-state index is 11.6. The maximum Gasteiger partial charge on any atom is 0.406 e. The topological polar surface area (TPSA) is 115 Å². The van der Waals surface area contributed by atoms with Crippen molar-refractivity contribution in [2.75, 3.05) is 32.6 Å². The Morgan fingerprint density at radius 3 is 2.64 bits per heavy atom. The molecule has 0 spiro atoms. The molecule has 0 aliphatic carbocycles. The number of ether oxygens (including phenoxy) is 2. The fourth-order valence-electron chi connectivity index (χ4n) is 4.08. The summed E-state index contributed by atoms with van der Waals surface area (Å²) in [6, 6.07) is 14.5. The highest BCUT2D eigenvalue weighted by Gasteiger charge is 2.22. The number of nitrogens with one attached hydrogen (secondary N) is 1. The molecule has 10 nitrogen and oxygen atoms in total. The summed E-state index contributed by atoms with van der Waals surface area (Å²) in [5.41, 5.74) is 3.96. The molecule has 2 N–H and O–H groups in total. The van der Waals surface area contributed by atoms with Gasteiger partial charge < -0.3 is 24.8 Å². The quantitative estimate of drug-likeness (QED) is 0.380. The van der Waals surface area contributed by atoms with Crippen molar-refractivity contribution in [2.45, 2.75) is 26.4 Å². The van der Waals surface area contributed by atoms with Crippen molar-refractivity contribution in [1.82, 2.24) is 25.3 Å². The number of aromatic hydroxyl groups is 1. The minimum absolute atomic E-state index is 0.127. The zero-order valence-corrected chi connectivity index (χ0v) is 21.0. The number of para-hydroxylation sites is 2. The molecule has 188 valence electrons. The number of alkyl carbamates (subject to hydrolysis) is 1. The van der Waals surface area contributed by atoms with E-state index in [1.165, 1.54) is 7.05 Å². The van der Waals surface area contributed by atoms with E-state index in [1.54, 1.807) is 18.2 Å². The number of carbonyl (C=O) groups is 1. The molecule has 4 aromatic rings. The first kappa shape index (κ1) is 24.8. The number of hydrogen-bond donors (Lipinski definition) is 2. The summed E-state index contributed by atoms with van der Waals surface area (Å²) in [4.78, 5) is 13.5. The van der Waals surface area contributed by atoms with Crippen molar-refractivity contribution in [3.05, 3.63) is 65.5 Å². The van der Waals surface area contributed by atoms with E-state index in [2.05, 4.69) is 15.5 Å². The number of amides is 1. The summed E-state index contributed by atoms with van der Waals surface area (Å²) < 4.78 is 13.5. The molecule has 2 heterocycles. The van der Waals surface area contributed by atoms with E-state index in [-0.39, 0.29) is 12.4 Å². The van der Waals surface area contributed by atoms with Crippen LogP contribution in [0.25, 0.3) is 16.6 Å². The summed E-state index contributed by atoms with van der Waals surface area (Å²) in [7, 11) is 5.32. The second-order valence-corrected chi connectivity index (χ2v) is 8.57. The van der Waals surface area contributed by atoms with Crippen LogP contribution in [0.1, 0.15) is 29.5 Å². The third-order valence-electron chi connectivity index (χ3n) is 5.83. The lowest BCUT2D eigenvalue weighted by atomic mass is 10.1. The molecule has 1 amide bonds. The molecule has 1 unspecified atom stereocenters. The van der Waals surface area contributed by atoms with Gasteiger partial charge in [-0.15, -0.1) is 5.10 Å². The van der Waals surface area contributed by atoms with Crippen LogP contribution >= 0.6 is 0 Å². The van der Waals surface area contributed by atoms with Crippen LogP contribution in [0.4, 0.5) is 10.6 Å². The number of carbonyl (C=O) groups excluding carboxylic acids is 1. The fourth-order valence-corrected chi connectivity index (χ4v) is 4.08. The van der Waals surface area contributed by atoms with Crippen molar-refractivity contribution in [1.29, 1.82) is 0 Å². The molecule has 0 radical (unpaired) electrons. The van der Waals surface area contributed by atoms with Gasteiger partial charge in [0.25, 0.3) is 0 Å². The van der Waals surface area contributed by atoms with E-state index in [4.69, 9.17) is 14.6 Å². The summed E-state index contributed by atoms with van der Waals surface area (Å²) >= 11 is 0. The molecular formula is C26H30N6O4. The minimum Gasteiger partial charge on any atom is -0.508 e. The van der Waals surface area contributed by atoms with Crippen LogP contribution in [0.5, 0.6) is 11.5 Å². The van der Waals surface area contributed by atoms with Gasteiger partial charge >= 0.3 is 6.09 Å². The molecule has 0 fully saturated rings. The number of phenolic OH excluding ortho intramolecular Hbond substituents is 1. The third-order valence-corrected chi connectivity index (χ3v) is 5.83. The van der Waals surface area contributed by atoms with Gasteiger partial charge in [-0.25, -0.2) is 9.48 Å². The maximum atomic E-state index is 11.6. The van der Waals surface area contributed by atoms with Crippen LogP contribution in [-0.2, 0) is 4.74 Å². The number of nitrogens with zero attached hydrogens (tertiary/aromatic N) is 5. The molecule has 0 bridgehead atoms. The molecule has 2 aromatic carbocycles. The number of aromatic nitrogens is 4. The predicted molar refractivity (Wildman–Crippen MR) is 137 cm³/mol. The van der Waals surface area contributed by atoms with Gasteiger partial charge in [0.15, 0.2) is 5.82 Å². The fraction of sp³-hybridized carbons (Fsp3) is 0.308. The van der Waals surface area contributed by atoms with Crippen LogP contribution in [0.15, 0.2) is 48.5 Å². The standard InChI is InChI=1S/C26H30N6O4/c1-16-23-17(2)32(30-24(23)25(29-28-16)31(4)5)20-11-6-7-12-22(20)36-21(13-14-35-26(34)27-3)18-9-8-10-19(33)15-18/h6-12,15,21,33H,13-14H2,1-5H3,(H,27,34). The molecule has 0 aliphatic rings. The lowest BCUT2D eigenvalue weighted by Crippen LogP contribution is -2.21. The molecular weight excluding hydrogens is 460 g/mol. The van der Waals surface area contributed by atoms with E-state index in [9.17, 15) is 9.90 Å². The van der Waals surface area contributed by atoms with Crippen molar-refractivity contribution in [2.24, 2.45) is 0 Å². The van der Waals surface area contributed by atoms with E-state index >= 15 is 0 Å². The molecule has 2 aromatic heterocycles. The van der Waals surface area contributed by atoms with Crippen LogP contribution in [-0.4, -0.2) is 58.9 Å². The van der Waals surface area contributed by atoms with Gasteiger partial charge in [0.1, 0.15) is 28.8 Å². The van der Waals surface area contributed by atoms with Crippen LogP contribution in [0.2, 0.25) is 0 Å². The normalized spacial score (nSPS) is 11.8. The number of benzene rings is 2. The first-order valence-corrected chi connectivity index (χ1v) is 11.6. The van der Waals surface area contributed by atoms with Crippen LogP contribution in [0.3, 0.4) is 0 Å². The van der Waals surface area contributed by atoms with E-state index < -0.39 is 12.2 Å². The lowest BCUT2D eigenvalue weighted by molar-refractivity contribution is 0.117. The van der Waals surface area contributed by atoms with Gasteiger partial charge in [0, 0.05) is 27.6 Å². The van der Waals surface area contributed by atoms with Gasteiger partial charge in [-0.3, -0.25) is 0 Å². The SMILES string of the molecule is CNC(=O)OCCC(Oc1ccccc1-n1nc2c(N(C)C)nnc(C)c2c1C)c1cccc(O)c1. The number of hydrogen-bond acceptors (Lipinski definition) is 8. The number of phenols is 1. The number of aryl methyl sites for hydroxylation is 2. The lowest BCUT2D eigenvalue weighted by Gasteiger charge is -2.22. The van der Waals surface area contributed by atoms with E-state index in [1.807, 2.05) is 67.9 Å². The zero-order valence-electron chi connectivity index (χ0n) is 21.0. The Balaban J connectivity index is 1.75. The Hall–Kier alpha value is -4.34. The average molecular weight is 491 g/mol. The molecule has 1 atom stereocenters. The average Bonchev–Trinajstić information content (AvgIpc) is 3.21. The molecule has 36 heavy (non-hydrogen) atoms. The van der Waals surface area contributed by atoms with Gasteiger partial charge in [-0.1, -0.05) is 24.3 Å². The third kappa shape index (κ3) is 5.02. The van der Waals surface area contributed by atoms with Crippen molar-refractivity contribution < 1.29 is 19.4 Å². The van der Waals surface area contributed by atoms with Gasteiger partial charge in [-0.05, 0) is 43.7 Å². The number of fused-ring (bicyclic) bond motifs is 1. The van der Waals surface area contributed by atoms with Gasteiger partial charge in [0.05, 0.1) is 23.4 Å². The van der Waals surface area contributed by atoms with Crippen LogP contribution < -0.4 is 15.0 Å². The Morgan fingerprint density at radius 2 is 1.92 bits per heavy atom.